The lowest BCUT2D eigenvalue weighted by Crippen LogP contribution is -2.58. The highest BCUT2D eigenvalue weighted by Gasteiger charge is 2.33. The zero-order chi connectivity index (χ0) is 32.5. The summed E-state index contributed by atoms with van der Waals surface area (Å²) in [5.41, 5.74) is 6.00. The number of carbonyl (C=O) groups excluding carboxylic acids is 5. The molecule has 0 bridgehead atoms. The second-order valence-electron chi connectivity index (χ2n) is 10.4. The lowest BCUT2D eigenvalue weighted by Gasteiger charge is -2.26. The molecule has 242 valence electrons. The molecule has 4 atom stereocenters. The molecular weight excluding hydrogens is 574 g/mol. The highest BCUT2D eigenvalue weighted by atomic mass is 16.4. The van der Waals surface area contributed by atoms with Gasteiger partial charge in [0, 0.05) is 13.0 Å². The molecule has 1 saturated heterocycles. The second kappa shape index (κ2) is 18.7. The molecule has 1 aromatic carbocycles. The van der Waals surface area contributed by atoms with E-state index in [1.807, 2.05) is 0 Å². The zero-order valence-electron chi connectivity index (χ0n) is 24.7. The van der Waals surface area contributed by atoms with E-state index in [1.54, 1.807) is 37.4 Å². The van der Waals surface area contributed by atoms with Gasteiger partial charge in [-0.2, -0.15) is 0 Å². The molecule has 16 heteroatoms. The number of carbonyl (C=O) groups is 6. The third-order valence-corrected chi connectivity index (χ3v) is 6.79. The Morgan fingerprint density at radius 3 is 2.07 bits per heavy atom. The average molecular weight is 618 g/mol. The van der Waals surface area contributed by atoms with Gasteiger partial charge in [-0.1, -0.05) is 30.3 Å². The highest BCUT2D eigenvalue weighted by molar-refractivity contribution is 5.98. The van der Waals surface area contributed by atoms with Crippen LogP contribution in [0.15, 0.2) is 30.3 Å². The minimum Gasteiger partial charge on any atom is -0.481 e. The van der Waals surface area contributed by atoms with Crippen LogP contribution in [0.3, 0.4) is 0 Å². The first kappa shape index (κ1) is 35.5. The SMILES string of the molecule is CNCCCCC1NC(=O)C(Cc2ccccc2)NC(=O)C(CC(=O)O)NC(=O)CNC(=O)C(CCCNC(=N)N)NC1=O. The van der Waals surface area contributed by atoms with Crippen LogP contribution in [0.4, 0.5) is 0 Å². The fourth-order valence-corrected chi connectivity index (χ4v) is 4.51. The molecule has 1 aliphatic heterocycles. The van der Waals surface area contributed by atoms with Crippen LogP contribution in [-0.2, 0) is 35.2 Å². The predicted molar refractivity (Wildman–Crippen MR) is 160 cm³/mol. The van der Waals surface area contributed by atoms with Gasteiger partial charge in [-0.25, -0.2) is 0 Å². The Morgan fingerprint density at radius 2 is 1.43 bits per heavy atom. The van der Waals surface area contributed by atoms with Crippen LogP contribution in [0.25, 0.3) is 0 Å². The van der Waals surface area contributed by atoms with E-state index in [9.17, 15) is 33.9 Å². The number of benzene rings is 1. The molecule has 0 aromatic heterocycles. The first-order valence-electron chi connectivity index (χ1n) is 14.5. The Balaban J connectivity index is 2.43. The van der Waals surface area contributed by atoms with E-state index in [0.717, 1.165) is 0 Å². The van der Waals surface area contributed by atoms with Crippen molar-refractivity contribution >= 4 is 41.5 Å². The minimum atomic E-state index is -1.54. The summed E-state index contributed by atoms with van der Waals surface area (Å²) < 4.78 is 0. The summed E-state index contributed by atoms with van der Waals surface area (Å²) in [7, 11) is 1.79. The summed E-state index contributed by atoms with van der Waals surface area (Å²) in [6.07, 6.45) is 1.16. The summed E-state index contributed by atoms with van der Waals surface area (Å²) in [5, 5.41) is 34.9. The molecule has 0 radical (unpaired) electrons. The van der Waals surface area contributed by atoms with Gasteiger partial charge < -0.3 is 48.1 Å². The topological polar surface area (TPSA) is 257 Å². The van der Waals surface area contributed by atoms with Crippen LogP contribution in [0.2, 0.25) is 0 Å². The number of nitrogens with two attached hydrogens (primary N) is 1. The molecule has 16 nitrogen and oxygen atoms in total. The molecular formula is C28H43N9O7. The number of guanidine groups is 1. The Labute approximate surface area is 255 Å². The fourth-order valence-electron chi connectivity index (χ4n) is 4.51. The van der Waals surface area contributed by atoms with Crippen molar-refractivity contribution in [1.82, 2.24) is 37.2 Å². The zero-order valence-corrected chi connectivity index (χ0v) is 24.7. The smallest absolute Gasteiger partial charge is 0.305 e. The minimum absolute atomic E-state index is 0.0199. The van der Waals surface area contributed by atoms with Gasteiger partial charge in [0.1, 0.15) is 24.2 Å². The van der Waals surface area contributed by atoms with Gasteiger partial charge in [-0.05, 0) is 51.3 Å². The van der Waals surface area contributed by atoms with Crippen LogP contribution in [0.5, 0.6) is 0 Å². The van der Waals surface area contributed by atoms with Crippen molar-refractivity contribution in [2.75, 3.05) is 26.7 Å². The van der Waals surface area contributed by atoms with Crippen molar-refractivity contribution in [2.24, 2.45) is 5.73 Å². The van der Waals surface area contributed by atoms with Crippen LogP contribution < -0.4 is 43.0 Å². The molecule has 4 unspecified atom stereocenters. The van der Waals surface area contributed by atoms with Crippen molar-refractivity contribution < 1.29 is 33.9 Å². The van der Waals surface area contributed by atoms with E-state index in [0.29, 0.717) is 31.4 Å². The molecule has 0 spiro atoms. The van der Waals surface area contributed by atoms with Crippen molar-refractivity contribution in [2.45, 2.75) is 69.1 Å². The van der Waals surface area contributed by atoms with Gasteiger partial charge in [0.25, 0.3) is 0 Å². The van der Waals surface area contributed by atoms with E-state index >= 15 is 0 Å². The standard InChI is InChI=1S/C28H43N9O7/c1-31-12-6-5-10-19-25(42)35-18(11-7-13-32-28(29)30)24(41)33-16-22(38)34-21(15-23(39)40)27(44)37-20(26(43)36-19)14-17-8-3-2-4-9-17/h2-4,8-9,18-21,31H,5-7,10-16H2,1H3,(H,33,41)(H,34,38)(H,35,42)(H,36,43)(H,37,44)(H,39,40)(H4,29,30,32). The summed E-state index contributed by atoms with van der Waals surface area (Å²) in [6.45, 7) is 0.318. The van der Waals surface area contributed by atoms with Crippen LogP contribution in [0, 0.1) is 5.41 Å². The third kappa shape index (κ3) is 13.1. The second-order valence-corrected chi connectivity index (χ2v) is 10.4. The average Bonchev–Trinajstić information content (AvgIpc) is 2.97. The maximum absolute atomic E-state index is 13.6. The van der Waals surface area contributed by atoms with E-state index in [-0.39, 0.29) is 31.8 Å². The van der Waals surface area contributed by atoms with E-state index < -0.39 is 72.6 Å². The van der Waals surface area contributed by atoms with Gasteiger partial charge in [-0.15, -0.1) is 0 Å². The Bertz CT molecular complexity index is 1170. The van der Waals surface area contributed by atoms with Gasteiger partial charge in [0.2, 0.25) is 29.5 Å². The number of aliphatic carboxylic acids is 1. The lowest BCUT2D eigenvalue weighted by molar-refractivity contribution is -0.141. The van der Waals surface area contributed by atoms with Crippen molar-refractivity contribution in [3.05, 3.63) is 35.9 Å². The summed E-state index contributed by atoms with van der Waals surface area (Å²) >= 11 is 0. The number of amides is 5. The first-order chi connectivity index (χ1) is 21.0. The fraction of sp³-hybridized carbons (Fsp3) is 0.536. The summed E-state index contributed by atoms with van der Waals surface area (Å²) in [5.74, 6) is -5.41. The molecule has 1 aromatic rings. The van der Waals surface area contributed by atoms with E-state index in [2.05, 4.69) is 37.2 Å². The molecule has 2 rings (SSSR count). The number of nitrogens with one attached hydrogen (secondary N) is 8. The van der Waals surface area contributed by atoms with Gasteiger partial charge in [0.15, 0.2) is 5.96 Å². The first-order valence-corrected chi connectivity index (χ1v) is 14.5. The largest absolute Gasteiger partial charge is 0.481 e. The van der Waals surface area contributed by atoms with Gasteiger partial charge in [0.05, 0.1) is 13.0 Å². The molecule has 0 saturated carbocycles. The lowest BCUT2D eigenvalue weighted by atomic mass is 10.0. The molecule has 1 aliphatic rings. The summed E-state index contributed by atoms with van der Waals surface area (Å²) in [6, 6.07) is 3.84. The third-order valence-electron chi connectivity index (χ3n) is 6.79. The number of unbranched alkanes of at least 4 members (excludes halogenated alkanes) is 1. The monoisotopic (exact) mass is 617 g/mol. The van der Waals surface area contributed by atoms with Gasteiger partial charge >= 0.3 is 5.97 Å². The molecule has 5 amide bonds. The number of hydrogen-bond donors (Lipinski definition) is 10. The molecule has 0 aliphatic carbocycles. The number of hydrogen-bond acceptors (Lipinski definition) is 8. The predicted octanol–water partition coefficient (Wildman–Crippen LogP) is -2.57. The van der Waals surface area contributed by atoms with Crippen molar-refractivity contribution in [3.8, 4) is 0 Å². The van der Waals surface area contributed by atoms with Crippen molar-refractivity contribution in [3.63, 3.8) is 0 Å². The highest BCUT2D eigenvalue weighted by Crippen LogP contribution is 2.09. The van der Waals surface area contributed by atoms with Crippen LogP contribution in [0.1, 0.15) is 44.1 Å². The Morgan fingerprint density at radius 1 is 0.841 bits per heavy atom. The van der Waals surface area contributed by atoms with Crippen LogP contribution in [-0.4, -0.2) is 97.4 Å². The quantitative estimate of drug-likeness (QED) is 0.0628. The maximum atomic E-state index is 13.6. The summed E-state index contributed by atoms with van der Waals surface area (Å²) in [4.78, 5) is 77.5. The normalized spacial score (nSPS) is 21.8. The Hall–Kier alpha value is -4.73. The van der Waals surface area contributed by atoms with E-state index in [1.165, 1.54) is 0 Å². The molecule has 1 heterocycles. The van der Waals surface area contributed by atoms with Crippen LogP contribution >= 0.6 is 0 Å². The molecule has 11 N–H and O–H groups in total. The number of rotatable bonds is 13. The van der Waals surface area contributed by atoms with E-state index in [4.69, 9.17) is 11.1 Å². The van der Waals surface area contributed by atoms with Gasteiger partial charge in [-0.3, -0.25) is 34.2 Å². The maximum Gasteiger partial charge on any atom is 0.305 e. The molecule has 1 fully saturated rings. The molecule has 44 heavy (non-hydrogen) atoms. The number of carboxylic acids is 1. The number of carboxylic acid groups (broad SMARTS) is 1. The van der Waals surface area contributed by atoms with Crippen molar-refractivity contribution in [1.29, 1.82) is 5.41 Å². The Kier molecular flexibility index (Phi) is 15.1.